The normalized spacial score (nSPS) is 19.2. The van der Waals surface area contributed by atoms with E-state index in [0.29, 0.717) is 19.5 Å². The summed E-state index contributed by atoms with van der Waals surface area (Å²) in [6.45, 7) is 2.36. The fraction of sp³-hybridized carbons (Fsp3) is 0.500. The Bertz CT molecular complexity index is 518. The summed E-state index contributed by atoms with van der Waals surface area (Å²) in [5, 5.41) is 2.74. The molecular weight excluding hydrogens is 273 g/mol. The van der Waals surface area contributed by atoms with Gasteiger partial charge in [0, 0.05) is 26.1 Å². The minimum Gasteiger partial charge on any atom is -0.384 e. The van der Waals surface area contributed by atoms with Gasteiger partial charge in [0.15, 0.2) is 0 Å². The van der Waals surface area contributed by atoms with Gasteiger partial charge < -0.3 is 16.0 Å². The van der Waals surface area contributed by atoms with Crippen LogP contribution in [0.1, 0.15) is 18.9 Å². The van der Waals surface area contributed by atoms with E-state index in [1.165, 1.54) is 6.92 Å². The van der Waals surface area contributed by atoms with Crippen molar-refractivity contribution in [2.24, 2.45) is 0 Å². The molecule has 1 atom stereocenters. The molecule has 2 rings (SSSR count). The van der Waals surface area contributed by atoms with Crippen molar-refractivity contribution in [1.29, 1.82) is 0 Å². The quantitative estimate of drug-likeness (QED) is 0.863. The summed E-state index contributed by atoms with van der Waals surface area (Å²) in [5.41, 5.74) is 4.61. The van der Waals surface area contributed by atoms with E-state index in [1.54, 1.807) is 4.90 Å². The van der Waals surface area contributed by atoms with E-state index >= 15 is 0 Å². The molecule has 1 saturated heterocycles. The molecule has 0 aliphatic carbocycles. The number of hydrogen-bond donors (Lipinski definition) is 2. The van der Waals surface area contributed by atoms with Crippen molar-refractivity contribution in [3.05, 3.63) is 17.7 Å². The Morgan fingerprint density at radius 1 is 1.50 bits per heavy atom. The van der Waals surface area contributed by atoms with Gasteiger partial charge in [-0.1, -0.05) is 0 Å². The molecule has 0 aromatic carbocycles. The van der Waals surface area contributed by atoms with Crippen LogP contribution in [0, 0.1) is 0 Å². The number of nitrogen functional groups attached to an aromatic ring is 1. The van der Waals surface area contributed by atoms with Crippen LogP contribution in [0.3, 0.4) is 0 Å². The standard InChI is InChI=1S/C12H15F3N4O/c1-7(20)17-9-2-3-19(6-9)11-5-8(12(13,14)15)4-10(16)18-11/h4-5,9H,2-3,6H2,1H3,(H2,16,18)(H,17,20). The maximum atomic E-state index is 12.7. The second-order valence-corrected chi connectivity index (χ2v) is 4.77. The smallest absolute Gasteiger partial charge is 0.384 e. The van der Waals surface area contributed by atoms with Crippen LogP contribution in [0.4, 0.5) is 24.8 Å². The van der Waals surface area contributed by atoms with Crippen molar-refractivity contribution in [3.63, 3.8) is 0 Å². The molecule has 1 aromatic heterocycles. The van der Waals surface area contributed by atoms with Gasteiger partial charge in [-0.15, -0.1) is 0 Å². The molecule has 3 N–H and O–H groups in total. The van der Waals surface area contributed by atoms with Gasteiger partial charge in [0.05, 0.1) is 5.56 Å². The van der Waals surface area contributed by atoms with Gasteiger partial charge >= 0.3 is 6.18 Å². The van der Waals surface area contributed by atoms with Crippen LogP contribution in [0.25, 0.3) is 0 Å². The van der Waals surface area contributed by atoms with Crippen LogP contribution in [0.2, 0.25) is 0 Å². The summed E-state index contributed by atoms with van der Waals surface area (Å²) >= 11 is 0. The maximum Gasteiger partial charge on any atom is 0.416 e. The molecule has 8 heteroatoms. The third-order valence-corrected chi connectivity index (χ3v) is 3.08. The van der Waals surface area contributed by atoms with E-state index in [1.807, 2.05) is 0 Å². The minimum atomic E-state index is -4.46. The predicted octanol–water partition coefficient (Wildman–Crippen LogP) is 1.40. The molecule has 0 saturated carbocycles. The summed E-state index contributed by atoms with van der Waals surface area (Å²) in [7, 11) is 0. The molecule has 1 unspecified atom stereocenters. The Labute approximate surface area is 114 Å². The Morgan fingerprint density at radius 3 is 2.80 bits per heavy atom. The Morgan fingerprint density at radius 2 is 2.20 bits per heavy atom. The lowest BCUT2D eigenvalue weighted by Gasteiger charge is -2.19. The number of nitrogens with one attached hydrogen (secondary N) is 1. The molecule has 1 amide bonds. The van der Waals surface area contributed by atoms with Gasteiger partial charge in [-0.2, -0.15) is 13.2 Å². The highest BCUT2D eigenvalue weighted by Gasteiger charge is 2.33. The monoisotopic (exact) mass is 288 g/mol. The minimum absolute atomic E-state index is 0.0786. The summed E-state index contributed by atoms with van der Waals surface area (Å²) < 4.78 is 38.2. The van der Waals surface area contributed by atoms with E-state index in [9.17, 15) is 18.0 Å². The van der Waals surface area contributed by atoms with Gasteiger partial charge in [0.25, 0.3) is 0 Å². The number of pyridine rings is 1. The SMILES string of the molecule is CC(=O)NC1CCN(c2cc(C(F)(F)F)cc(N)n2)C1. The number of aromatic nitrogens is 1. The van der Waals surface area contributed by atoms with E-state index in [0.717, 1.165) is 12.1 Å². The van der Waals surface area contributed by atoms with Gasteiger partial charge in [0.2, 0.25) is 5.91 Å². The molecule has 5 nitrogen and oxygen atoms in total. The fourth-order valence-electron chi connectivity index (χ4n) is 2.24. The van der Waals surface area contributed by atoms with Crippen LogP contribution in [0.15, 0.2) is 12.1 Å². The largest absolute Gasteiger partial charge is 0.416 e. The van der Waals surface area contributed by atoms with Crippen molar-refractivity contribution in [2.45, 2.75) is 25.6 Å². The van der Waals surface area contributed by atoms with Gasteiger partial charge in [-0.3, -0.25) is 4.79 Å². The molecule has 2 heterocycles. The van der Waals surface area contributed by atoms with Gasteiger partial charge in [-0.05, 0) is 18.6 Å². The van der Waals surface area contributed by atoms with Gasteiger partial charge in [0.1, 0.15) is 11.6 Å². The van der Waals surface area contributed by atoms with Crippen molar-refractivity contribution in [1.82, 2.24) is 10.3 Å². The van der Waals surface area contributed by atoms with Crippen LogP contribution >= 0.6 is 0 Å². The van der Waals surface area contributed by atoms with Gasteiger partial charge in [-0.25, -0.2) is 4.98 Å². The number of alkyl halides is 3. The number of halogens is 3. The summed E-state index contributed by atoms with van der Waals surface area (Å²) in [5.74, 6) is -0.142. The van der Waals surface area contributed by atoms with E-state index in [4.69, 9.17) is 5.73 Å². The summed E-state index contributed by atoms with van der Waals surface area (Å²) in [6, 6.07) is 1.71. The van der Waals surface area contributed by atoms with Crippen molar-refractivity contribution < 1.29 is 18.0 Å². The first kappa shape index (κ1) is 14.4. The van der Waals surface area contributed by atoms with Crippen molar-refractivity contribution >= 4 is 17.5 Å². The topological polar surface area (TPSA) is 71.2 Å². The highest BCUT2D eigenvalue weighted by molar-refractivity contribution is 5.73. The zero-order valence-corrected chi connectivity index (χ0v) is 10.9. The highest BCUT2D eigenvalue weighted by Crippen LogP contribution is 2.33. The molecule has 1 aliphatic heterocycles. The predicted molar refractivity (Wildman–Crippen MR) is 68.1 cm³/mol. The number of nitrogens with zero attached hydrogens (tertiary/aromatic N) is 2. The number of rotatable bonds is 2. The summed E-state index contributed by atoms with van der Waals surface area (Å²) in [4.78, 5) is 16.6. The van der Waals surface area contributed by atoms with Crippen LogP contribution in [-0.2, 0) is 11.0 Å². The Hall–Kier alpha value is -1.99. The molecular formula is C12H15F3N4O. The zero-order chi connectivity index (χ0) is 14.9. The molecule has 1 aromatic rings. The maximum absolute atomic E-state index is 12.7. The van der Waals surface area contributed by atoms with Crippen LogP contribution < -0.4 is 16.0 Å². The molecule has 0 bridgehead atoms. The number of nitrogens with two attached hydrogens (primary N) is 1. The zero-order valence-electron chi connectivity index (χ0n) is 10.9. The molecule has 110 valence electrons. The van der Waals surface area contributed by atoms with E-state index < -0.39 is 11.7 Å². The van der Waals surface area contributed by atoms with E-state index in [2.05, 4.69) is 10.3 Å². The fourth-order valence-corrected chi connectivity index (χ4v) is 2.24. The van der Waals surface area contributed by atoms with Crippen molar-refractivity contribution in [2.75, 3.05) is 23.7 Å². The lowest BCUT2D eigenvalue weighted by atomic mass is 10.2. The molecule has 1 fully saturated rings. The number of carbonyl (C=O) groups excluding carboxylic acids is 1. The number of hydrogen-bond acceptors (Lipinski definition) is 4. The molecule has 0 spiro atoms. The number of carbonyl (C=O) groups is 1. The average molecular weight is 288 g/mol. The first-order valence-electron chi connectivity index (χ1n) is 6.12. The lowest BCUT2D eigenvalue weighted by Crippen LogP contribution is -2.35. The second-order valence-electron chi connectivity index (χ2n) is 4.77. The second kappa shape index (κ2) is 5.18. The third-order valence-electron chi connectivity index (χ3n) is 3.08. The average Bonchev–Trinajstić information content (AvgIpc) is 2.74. The lowest BCUT2D eigenvalue weighted by molar-refractivity contribution is -0.137. The first-order chi connectivity index (χ1) is 9.25. The Kier molecular flexibility index (Phi) is 3.74. The molecule has 1 aliphatic rings. The number of anilines is 2. The molecule has 0 radical (unpaired) electrons. The van der Waals surface area contributed by atoms with Crippen LogP contribution in [0.5, 0.6) is 0 Å². The summed E-state index contributed by atoms with van der Waals surface area (Å²) in [6.07, 6.45) is -3.79. The van der Waals surface area contributed by atoms with Crippen LogP contribution in [-0.4, -0.2) is 30.0 Å². The third kappa shape index (κ3) is 3.31. The highest BCUT2D eigenvalue weighted by atomic mass is 19.4. The first-order valence-corrected chi connectivity index (χ1v) is 6.12. The van der Waals surface area contributed by atoms with E-state index in [-0.39, 0.29) is 23.6 Å². The molecule has 20 heavy (non-hydrogen) atoms. The number of amides is 1. The van der Waals surface area contributed by atoms with Crippen molar-refractivity contribution in [3.8, 4) is 0 Å². The Balaban J connectivity index is 2.18.